The van der Waals surface area contributed by atoms with E-state index in [2.05, 4.69) is 21.8 Å². The molecule has 0 unspecified atom stereocenters. The molecule has 2 aromatic carbocycles. The Balaban J connectivity index is 1.86. The number of amidine groups is 1. The van der Waals surface area contributed by atoms with Gasteiger partial charge in [0.15, 0.2) is 11.5 Å². The van der Waals surface area contributed by atoms with Crippen LogP contribution < -0.4 is 20.5 Å². The number of hydrogen-bond donors (Lipinski definition) is 2. The molecule has 0 amide bonds. The summed E-state index contributed by atoms with van der Waals surface area (Å²) in [6.45, 7) is 7.47. The molecule has 0 bridgehead atoms. The predicted molar refractivity (Wildman–Crippen MR) is 125 cm³/mol. The number of nitrogens with zero attached hydrogens (tertiary/aromatic N) is 2. The second-order valence-electron chi connectivity index (χ2n) is 6.89. The van der Waals surface area contributed by atoms with E-state index in [0.29, 0.717) is 50.9 Å². The van der Waals surface area contributed by atoms with Crippen LogP contribution in [-0.2, 0) is 0 Å². The maximum atomic E-state index is 6.30. The molecular weight excluding hydrogens is 423 g/mol. The number of likely N-dealkylation sites (tertiary alicyclic amines) is 1. The molecule has 0 saturated carbocycles. The number of benzene rings is 2. The molecule has 0 aromatic heterocycles. The minimum atomic E-state index is 0.291. The molecule has 3 N–H and O–H groups in total. The fraction of sp³-hybridized carbons (Fsp3) is 0.318. The second kappa shape index (κ2) is 10.6. The van der Waals surface area contributed by atoms with Crippen LogP contribution in [0.4, 0.5) is 11.4 Å². The smallest absolute Gasteiger partial charge is 0.163 e. The summed E-state index contributed by atoms with van der Waals surface area (Å²) >= 11 is 12.1. The number of methoxy groups -OCH3 is 1. The maximum Gasteiger partial charge on any atom is 0.163 e. The van der Waals surface area contributed by atoms with Gasteiger partial charge < -0.3 is 20.5 Å². The van der Waals surface area contributed by atoms with Crippen molar-refractivity contribution in [3.8, 4) is 11.5 Å². The Hall–Kier alpha value is -2.41. The van der Waals surface area contributed by atoms with Crippen LogP contribution in [0.25, 0.3) is 0 Å². The lowest BCUT2D eigenvalue weighted by Crippen LogP contribution is -2.25. The average Bonchev–Trinajstić information content (AvgIpc) is 3.24. The van der Waals surface area contributed by atoms with Gasteiger partial charge in [-0.25, -0.2) is 4.99 Å². The number of halogens is 2. The van der Waals surface area contributed by atoms with E-state index in [9.17, 15) is 0 Å². The maximum absolute atomic E-state index is 6.30. The van der Waals surface area contributed by atoms with Gasteiger partial charge in [0.2, 0.25) is 0 Å². The van der Waals surface area contributed by atoms with Gasteiger partial charge in [-0.2, -0.15) is 0 Å². The first-order chi connectivity index (χ1) is 14.5. The van der Waals surface area contributed by atoms with Crippen molar-refractivity contribution in [1.82, 2.24) is 4.90 Å². The highest BCUT2D eigenvalue weighted by Crippen LogP contribution is 2.34. The van der Waals surface area contributed by atoms with Crippen LogP contribution in [0.2, 0.25) is 10.0 Å². The van der Waals surface area contributed by atoms with E-state index in [1.165, 1.54) is 12.8 Å². The molecule has 0 spiro atoms. The van der Waals surface area contributed by atoms with Crippen LogP contribution in [0.5, 0.6) is 11.5 Å². The molecule has 0 aliphatic carbocycles. The van der Waals surface area contributed by atoms with E-state index in [4.69, 9.17) is 38.4 Å². The van der Waals surface area contributed by atoms with Gasteiger partial charge >= 0.3 is 0 Å². The monoisotopic (exact) mass is 448 g/mol. The van der Waals surface area contributed by atoms with Gasteiger partial charge in [-0.1, -0.05) is 29.8 Å². The molecule has 0 atom stereocenters. The summed E-state index contributed by atoms with van der Waals surface area (Å²) in [6, 6.07) is 8.72. The third kappa shape index (κ3) is 5.59. The summed E-state index contributed by atoms with van der Waals surface area (Å²) in [4.78, 5) is 6.86. The zero-order chi connectivity index (χ0) is 21.5. The lowest BCUT2D eigenvalue weighted by atomic mass is 10.1. The Labute approximate surface area is 187 Å². The van der Waals surface area contributed by atoms with Crippen LogP contribution in [-0.4, -0.2) is 44.1 Å². The first kappa shape index (κ1) is 22.3. The topological polar surface area (TPSA) is 72.1 Å². The van der Waals surface area contributed by atoms with Gasteiger partial charge in [0.1, 0.15) is 12.4 Å². The zero-order valence-electron chi connectivity index (χ0n) is 17.0. The molecule has 2 aromatic rings. The number of aliphatic imine (C=N–C) groups is 1. The summed E-state index contributed by atoms with van der Waals surface area (Å²) in [6.07, 6.45) is 4.08. The molecule has 6 nitrogen and oxygen atoms in total. The molecule has 3 rings (SSSR count). The van der Waals surface area contributed by atoms with E-state index < -0.39 is 0 Å². The average molecular weight is 449 g/mol. The van der Waals surface area contributed by atoms with Crippen molar-refractivity contribution in [2.24, 2.45) is 10.7 Å². The van der Waals surface area contributed by atoms with E-state index in [1.807, 2.05) is 6.07 Å². The lowest BCUT2D eigenvalue weighted by molar-refractivity contribution is 0.230. The number of nitrogens with two attached hydrogens (primary N) is 1. The Morgan fingerprint density at radius 3 is 2.63 bits per heavy atom. The molecule has 1 aliphatic rings. The van der Waals surface area contributed by atoms with Gasteiger partial charge in [-0.05, 0) is 56.4 Å². The summed E-state index contributed by atoms with van der Waals surface area (Å²) in [5.74, 6) is 1.50. The molecule has 1 fully saturated rings. The predicted octanol–water partition coefficient (Wildman–Crippen LogP) is 5.07. The van der Waals surface area contributed by atoms with Gasteiger partial charge in [0.05, 0.1) is 28.5 Å². The van der Waals surface area contributed by atoms with Crippen LogP contribution in [0, 0.1) is 0 Å². The Bertz CT molecular complexity index is 928. The molecule has 30 heavy (non-hydrogen) atoms. The standard InChI is InChI=1S/C22H26Cl2N4O2/c1-3-26-19-14-21(30-11-10-28-8-4-5-9-28)20(29-2)13-16(19)22(25)27-15-6-7-17(23)18(24)12-15/h3,6-7,12-14,26H,1,4-5,8-11H2,2H3,(H2,25,27). The fourth-order valence-corrected chi connectivity index (χ4v) is 3.61. The highest BCUT2D eigenvalue weighted by atomic mass is 35.5. The Morgan fingerprint density at radius 2 is 1.97 bits per heavy atom. The minimum absolute atomic E-state index is 0.291. The van der Waals surface area contributed by atoms with Crippen molar-refractivity contribution in [2.45, 2.75) is 12.8 Å². The number of ether oxygens (including phenoxy) is 2. The van der Waals surface area contributed by atoms with E-state index in [1.54, 1.807) is 37.6 Å². The highest BCUT2D eigenvalue weighted by Gasteiger charge is 2.16. The summed E-state index contributed by atoms with van der Waals surface area (Å²) in [5, 5.41) is 3.97. The molecule has 1 aliphatic heterocycles. The van der Waals surface area contributed by atoms with Crippen LogP contribution in [0.3, 0.4) is 0 Å². The molecule has 0 radical (unpaired) electrons. The second-order valence-corrected chi connectivity index (χ2v) is 7.70. The molecule has 160 valence electrons. The van der Waals surface area contributed by atoms with E-state index in [-0.39, 0.29) is 0 Å². The highest BCUT2D eigenvalue weighted by molar-refractivity contribution is 6.42. The zero-order valence-corrected chi connectivity index (χ0v) is 18.5. The van der Waals surface area contributed by atoms with Crippen molar-refractivity contribution in [2.75, 3.05) is 38.7 Å². The first-order valence-corrected chi connectivity index (χ1v) is 10.5. The SMILES string of the molecule is C=CNc1cc(OCCN2CCCC2)c(OC)cc1C(N)=Nc1ccc(Cl)c(Cl)c1. The first-order valence-electron chi connectivity index (χ1n) is 9.76. The van der Waals surface area contributed by atoms with Crippen LogP contribution in [0.1, 0.15) is 18.4 Å². The van der Waals surface area contributed by atoms with Crippen molar-refractivity contribution < 1.29 is 9.47 Å². The number of nitrogens with one attached hydrogen (secondary N) is 1. The van der Waals surface area contributed by atoms with Crippen molar-refractivity contribution in [3.63, 3.8) is 0 Å². The summed E-state index contributed by atoms with van der Waals surface area (Å²) in [5.41, 5.74) is 8.26. The van der Waals surface area contributed by atoms with Gasteiger partial charge in [0, 0.05) is 18.2 Å². The van der Waals surface area contributed by atoms with E-state index >= 15 is 0 Å². The number of rotatable bonds is 9. The van der Waals surface area contributed by atoms with Gasteiger partial charge in [-0.3, -0.25) is 4.90 Å². The van der Waals surface area contributed by atoms with Crippen LogP contribution >= 0.6 is 23.2 Å². The third-order valence-electron chi connectivity index (χ3n) is 4.85. The van der Waals surface area contributed by atoms with E-state index in [0.717, 1.165) is 19.6 Å². The Morgan fingerprint density at radius 1 is 1.20 bits per heavy atom. The largest absolute Gasteiger partial charge is 0.493 e. The van der Waals surface area contributed by atoms with Crippen LogP contribution in [0.15, 0.2) is 48.1 Å². The van der Waals surface area contributed by atoms with Gasteiger partial charge in [0.25, 0.3) is 0 Å². The number of hydrogen-bond acceptors (Lipinski definition) is 5. The molecular formula is C22H26Cl2N4O2. The normalized spacial score (nSPS) is 14.6. The van der Waals surface area contributed by atoms with Crippen molar-refractivity contribution in [1.29, 1.82) is 0 Å². The summed E-state index contributed by atoms with van der Waals surface area (Å²) in [7, 11) is 1.60. The molecule has 8 heteroatoms. The third-order valence-corrected chi connectivity index (χ3v) is 5.59. The Kier molecular flexibility index (Phi) is 7.85. The number of anilines is 1. The minimum Gasteiger partial charge on any atom is -0.493 e. The summed E-state index contributed by atoms with van der Waals surface area (Å²) < 4.78 is 11.5. The quantitative estimate of drug-likeness (QED) is 0.413. The fourth-order valence-electron chi connectivity index (χ4n) is 3.32. The van der Waals surface area contributed by atoms with Crippen molar-refractivity contribution >= 4 is 40.4 Å². The van der Waals surface area contributed by atoms with Gasteiger partial charge in [-0.15, -0.1) is 0 Å². The lowest BCUT2D eigenvalue weighted by Gasteiger charge is -2.18. The molecule has 1 heterocycles. The molecule has 1 saturated heterocycles. The van der Waals surface area contributed by atoms with Crippen molar-refractivity contribution in [3.05, 3.63) is 58.7 Å².